The molecule has 3 aromatic carbocycles. The van der Waals surface area contributed by atoms with Crippen molar-refractivity contribution >= 4 is 13.3 Å². The minimum absolute atomic E-state index is 0.293. The van der Waals surface area contributed by atoms with Gasteiger partial charge in [0.2, 0.25) is 0 Å². The molecule has 1 saturated heterocycles. The number of hydrogen-bond acceptors (Lipinski definition) is 6. The Morgan fingerprint density at radius 3 is 1.59 bits per heavy atom. The molecule has 0 saturated carbocycles. The van der Waals surface area contributed by atoms with E-state index in [1.807, 2.05) is 91.0 Å². The van der Waals surface area contributed by atoms with E-state index in [0.29, 0.717) is 33.0 Å². The van der Waals surface area contributed by atoms with E-state index in [2.05, 4.69) is 27.9 Å². The summed E-state index contributed by atoms with van der Waals surface area (Å²) in [6, 6.07) is 30.3. The average Bonchev–Trinajstić information content (AvgIpc) is 2.99. The van der Waals surface area contributed by atoms with Crippen LogP contribution in [0.5, 0.6) is 0 Å². The van der Waals surface area contributed by atoms with Gasteiger partial charge in [-0.1, -0.05) is 54.6 Å². The van der Waals surface area contributed by atoms with E-state index in [9.17, 15) is 0 Å². The van der Waals surface area contributed by atoms with E-state index in [1.54, 1.807) is 7.11 Å². The Morgan fingerprint density at radius 1 is 0.659 bits per heavy atom. The minimum atomic E-state index is -1.97. The van der Waals surface area contributed by atoms with Crippen molar-refractivity contribution in [1.29, 1.82) is 0 Å². The smallest absolute Gasteiger partial charge is 0.0622 e. The topological polar surface area (TPSA) is 55.4 Å². The van der Waals surface area contributed by atoms with Gasteiger partial charge in [-0.05, 0) is 0 Å². The maximum absolute atomic E-state index is 6.62. The summed E-state index contributed by atoms with van der Waals surface area (Å²) in [5, 5.41) is 0. The molecular formula is C34H42GeO6. The van der Waals surface area contributed by atoms with Gasteiger partial charge in [-0.3, -0.25) is 0 Å². The van der Waals surface area contributed by atoms with Gasteiger partial charge in [0.05, 0.1) is 0 Å². The zero-order valence-electron chi connectivity index (χ0n) is 24.5. The first kappa shape index (κ1) is 31.5. The number of ether oxygens (including phenoxy) is 6. The van der Waals surface area contributed by atoms with Gasteiger partial charge in [-0.25, -0.2) is 0 Å². The molecule has 0 spiro atoms. The van der Waals surface area contributed by atoms with Crippen molar-refractivity contribution in [1.82, 2.24) is 0 Å². The van der Waals surface area contributed by atoms with Crippen molar-refractivity contribution in [2.24, 2.45) is 0 Å². The summed E-state index contributed by atoms with van der Waals surface area (Å²) < 4.78 is 41.4. The molecule has 0 unspecified atom stereocenters. The molecule has 0 radical (unpaired) electrons. The maximum atomic E-state index is 6.62. The number of methoxy groups -OCH3 is 1. The fourth-order valence-corrected chi connectivity index (χ4v) is 5.86. The second kappa shape index (κ2) is 16.2. The molecule has 0 amide bonds. The van der Waals surface area contributed by atoms with Crippen molar-refractivity contribution in [2.45, 2.75) is 67.8 Å². The van der Waals surface area contributed by atoms with Crippen LogP contribution in [0.2, 0.25) is 17.3 Å². The van der Waals surface area contributed by atoms with Crippen LogP contribution >= 0.6 is 0 Å². The van der Waals surface area contributed by atoms with Crippen molar-refractivity contribution in [2.75, 3.05) is 20.3 Å². The third-order valence-corrected chi connectivity index (χ3v) is 8.54. The fraction of sp³-hybridized carbons (Fsp3) is 0.412. The molecule has 0 N–H and O–H groups in total. The standard InChI is InChI=1S/C34H42GeO6/c1-35(2,3)21-14-22-37-26-30-31(38-23-27-15-8-5-9-16-27)32(39-24-28-17-10-6-11-18-28)33(34(36-4)41-30)40-25-29-19-12-7-13-20-29/h5-13,15-20,30-34H,22-26H2,1-4H3/t30-,31-,32+,33-,34+/m1/s1. The molecule has 6 nitrogen and oxygen atoms in total. The van der Waals surface area contributed by atoms with E-state index in [4.69, 9.17) is 28.4 Å². The van der Waals surface area contributed by atoms with Crippen molar-refractivity contribution in [3.8, 4) is 10.7 Å². The molecule has 0 aromatic heterocycles. The van der Waals surface area contributed by atoms with Crippen LogP contribution in [0.25, 0.3) is 0 Å². The first-order valence-corrected chi connectivity index (χ1v) is 21.5. The third-order valence-electron chi connectivity index (χ3n) is 6.60. The third kappa shape index (κ3) is 10.4. The summed E-state index contributed by atoms with van der Waals surface area (Å²) in [4.78, 5) is 0. The van der Waals surface area contributed by atoms with Gasteiger partial charge in [0, 0.05) is 0 Å². The molecule has 1 heterocycles. The van der Waals surface area contributed by atoms with Gasteiger partial charge >= 0.3 is 194 Å². The predicted molar refractivity (Wildman–Crippen MR) is 163 cm³/mol. The van der Waals surface area contributed by atoms with Crippen molar-refractivity contribution < 1.29 is 28.4 Å². The van der Waals surface area contributed by atoms with Crippen molar-refractivity contribution in [3.63, 3.8) is 0 Å². The van der Waals surface area contributed by atoms with Crippen LogP contribution in [0.15, 0.2) is 91.0 Å². The Bertz CT molecular complexity index is 1210. The number of benzene rings is 3. The van der Waals surface area contributed by atoms with Gasteiger partial charge in [-0.15, -0.1) is 0 Å². The fourth-order valence-electron chi connectivity index (χ4n) is 4.60. The summed E-state index contributed by atoms with van der Waals surface area (Å²) in [7, 11) is 1.63. The van der Waals surface area contributed by atoms with Crippen LogP contribution in [0, 0.1) is 10.7 Å². The Labute approximate surface area is 247 Å². The Kier molecular flexibility index (Phi) is 12.5. The van der Waals surface area contributed by atoms with E-state index in [-0.39, 0.29) is 0 Å². The summed E-state index contributed by atoms with van der Waals surface area (Å²) in [5.74, 6) is 9.98. The second-order valence-electron chi connectivity index (χ2n) is 11.1. The molecule has 1 aliphatic rings. The summed E-state index contributed by atoms with van der Waals surface area (Å²) in [5.41, 5.74) is 3.18. The number of rotatable bonds is 13. The zero-order valence-corrected chi connectivity index (χ0v) is 26.6. The first-order valence-electron chi connectivity index (χ1n) is 14.2. The molecule has 0 aliphatic carbocycles. The minimum Gasteiger partial charge on any atom is -0.0622 e. The van der Waals surface area contributed by atoms with Gasteiger partial charge < -0.3 is 0 Å². The summed E-state index contributed by atoms with van der Waals surface area (Å²) >= 11 is -1.97. The molecule has 3 aromatic rings. The SMILES string of the molecule is CO[C@H]1O[C@H](COCC#[C][Ge]([CH3])([CH3])[CH3])[C@@H](OCc2ccccc2)[C@H](OCc2ccccc2)[C@H]1OCc1ccccc1. The van der Waals surface area contributed by atoms with Gasteiger partial charge in [0.25, 0.3) is 0 Å². The molecule has 1 aliphatic heterocycles. The van der Waals surface area contributed by atoms with Crippen molar-refractivity contribution in [3.05, 3.63) is 108 Å². The Balaban J connectivity index is 1.57. The molecule has 7 heteroatoms. The van der Waals surface area contributed by atoms with Gasteiger partial charge in [0.15, 0.2) is 0 Å². The average molecular weight is 619 g/mol. The number of hydrogen-bond donors (Lipinski definition) is 0. The summed E-state index contributed by atoms with van der Waals surface area (Å²) in [6.45, 7) is 1.82. The van der Waals surface area contributed by atoms with Crippen LogP contribution in [0.1, 0.15) is 16.7 Å². The van der Waals surface area contributed by atoms with E-state index in [1.165, 1.54) is 0 Å². The molecule has 5 atom stereocenters. The molecular weight excluding hydrogens is 577 g/mol. The van der Waals surface area contributed by atoms with E-state index >= 15 is 0 Å². The normalized spacial score (nSPS) is 22.6. The second-order valence-corrected chi connectivity index (χ2v) is 21.1. The van der Waals surface area contributed by atoms with E-state index < -0.39 is 44.0 Å². The Morgan fingerprint density at radius 2 is 1.12 bits per heavy atom. The Hall–Kier alpha value is -2.48. The first-order chi connectivity index (χ1) is 19.9. The van der Waals surface area contributed by atoms with Gasteiger partial charge in [-0.2, -0.15) is 0 Å². The molecule has 1 fully saturated rings. The molecule has 41 heavy (non-hydrogen) atoms. The van der Waals surface area contributed by atoms with Crippen LogP contribution in [0.3, 0.4) is 0 Å². The quantitative estimate of drug-likeness (QED) is 0.133. The zero-order chi connectivity index (χ0) is 28.9. The van der Waals surface area contributed by atoms with Crippen LogP contribution in [-0.2, 0) is 48.2 Å². The van der Waals surface area contributed by atoms with Crippen LogP contribution < -0.4 is 0 Å². The monoisotopic (exact) mass is 620 g/mol. The van der Waals surface area contributed by atoms with Crippen LogP contribution in [0.4, 0.5) is 0 Å². The van der Waals surface area contributed by atoms with Gasteiger partial charge in [0.1, 0.15) is 0 Å². The molecule has 0 bridgehead atoms. The molecule has 4 rings (SSSR count). The molecule has 218 valence electrons. The van der Waals surface area contributed by atoms with Crippen LogP contribution in [-0.4, -0.2) is 64.3 Å². The predicted octanol–water partition coefficient (Wildman–Crippen LogP) is 6.01. The summed E-state index contributed by atoms with van der Waals surface area (Å²) in [6.07, 6.45) is -2.60. The van der Waals surface area contributed by atoms with E-state index in [0.717, 1.165) is 16.7 Å².